The number of hydrogen-bond acceptors (Lipinski definition) is 3. The average molecular weight is 178 g/mol. The van der Waals surface area contributed by atoms with Gasteiger partial charge in [0, 0.05) is 0 Å². The molecule has 1 unspecified atom stereocenters. The predicted molar refractivity (Wildman–Crippen MR) is 46.7 cm³/mol. The monoisotopic (exact) mass is 178 g/mol. The molecule has 1 aliphatic heterocycles. The molecule has 1 saturated heterocycles. The van der Waals surface area contributed by atoms with Crippen molar-refractivity contribution in [3.8, 4) is 5.75 Å². The predicted octanol–water partition coefficient (Wildman–Crippen LogP) is 1.03. The lowest BCUT2D eigenvalue weighted by Crippen LogP contribution is -2.25. The summed E-state index contributed by atoms with van der Waals surface area (Å²) in [5.74, 6) is 0.732. The van der Waals surface area contributed by atoms with Crippen LogP contribution >= 0.6 is 0 Å². The average Bonchev–Trinajstić information content (AvgIpc) is 2.54. The fourth-order valence-electron chi connectivity index (χ4n) is 1.22. The molecule has 0 amide bonds. The third-order valence-electron chi connectivity index (χ3n) is 1.89. The van der Waals surface area contributed by atoms with Gasteiger partial charge in [0.05, 0.1) is 6.61 Å². The van der Waals surface area contributed by atoms with Crippen LogP contribution in [-0.4, -0.2) is 25.1 Å². The SMILES string of the molecule is O=C1COCC1Oc1ccccc1. The van der Waals surface area contributed by atoms with Crippen molar-refractivity contribution in [2.45, 2.75) is 6.10 Å². The van der Waals surface area contributed by atoms with E-state index in [4.69, 9.17) is 9.47 Å². The first kappa shape index (κ1) is 8.26. The highest BCUT2D eigenvalue weighted by atomic mass is 16.6. The van der Waals surface area contributed by atoms with Crippen LogP contribution in [0.3, 0.4) is 0 Å². The molecule has 13 heavy (non-hydrogen) atoms. The Kier molecular flexibility index (Phi) is 2.27. The van der Waals surface area contributed by atoms with Crippen molar-refractivity contribution in [3.05, 3.63) is 30.3 Å². The molecule has 1 atom stereocenters. The van der Waals surface area contributed by atoms with Gasteiger partial charge >= 0.3 is 0 Å². The Bertz CT molecular complexity index is 294. The number of para-hydroxylation sites is 1. The van der Waals surface area contributed by atoms with Crippen molar-refractivity contribution in [1.82, 2.24) is 0 Å². The van der Waals surface area contributed by atoms with Crippen LogP contribution in [0.5, 0.6) is 5.75 Å². The smallest absolute Gasteiger partial charge is 0.201 e. The zero-order chi connectivity index (χ0) is 9.10. The second-order valence-corrected chi connectivity index (χ2v) is 2.90. The zero-order valence-electron chi connectivity index (χ0n) is 7.10. The molecule has 0 saturated carbocycles. The molecule has 0 N–H and O–H groups in total. The Balaban J connectivity index is 2.02. The molecule has 1 aromatic carbocycles. The molecule has 3 heteroatoms. The summed E-state index contributed by atoms with van der Waals surface area (Å²) < 4.78 is 10.4. The normalized spacial score (nSPS) is 21.8. The first-order chi connectivity index (χ1) is 6.36. The van der Waals surface area contributed by atoms with E-state index in [2.05, 4.69) is 0 Å². The van der Waals surface area contributed by atoms with Gasteiger partial charge in [-0.25, -0.2) is 0 Å². The summed E-state index contributed by atoms with van der Waals surface area (Å²) in [6.45, 7) is 0.547. The van der Waals surface area contributed by atoms with E-state index in [-0.39, 0.29) is 12.4 Å². The van der Waals surface area contributed by atoms with Crippen molar-refractivity contribution in [3.63, 3.8) is 0 Å². The molecule has 1 heterocycles. The third kappa shape index (κ3) is 1.87. The summed E-state index contributed by atoms with van der Waals surface area (Å²) in [5.41, 5.74) is 0. The van der Waals surface area contributed by atoms with Gasteiger partial charge in [-0.15, -0.1) is 0 Å². The first-order valence-corrected chi connectivity index (χ1v) is 4.18. The van der Waals surface area contributed by atoms with E-state index in [0.29, 0.717) is 12.4 Å². The Morgan fingerprint density at radius 1 is 1.31 bits per heavy atom. The second-order valence-electron chi connectivity index (χ2n) is 2.90. The maximum atomic E-state index is 11.1. The second kappa shape index (κ2) is 3.58. The van der Waals surface area contributed by atoms with E-state index in [1.807, 2.05) is 30.3 Å². The van der Waals surface area contributed by atoms with Crippen LogP contribution in [0.25, 0.3) is 0 Å². The molecule has 0 aliphatic carbocycles. The Morgan fingerprint density at radius 2 is 2.08 bits per heavy atom. The van der Waals surface area contributed by atoms with Gasteiger partial charge in [-0.3, -0.25) is 4.79 Å². The molecule has 68 valence electrons. The number of ether oxygens (including phenoxy) is 2. The summed E-state index contributed by atoms with van der Waals surface area (Å²) in [7, 11) is 0. The van der Waals surface area contributed by atoms with Crippen LogP contribution in [0.4, 0.5) is 0 Å². The molecule has 3 nitrogen and oxygen atoms in total. The number of hydrogen-bond donors (Lipinski definition) is 0. The van der Waals surface area contributed by atoms with E-state index in [9.17, 15) is 4.79 Å². The maximum Gasteiger partial charge on any atom is 0.201 e. The van der Waals surface area contributed by atoms with E-state index < -0.39 is 6.10 Å². The minimum atomic E-state index is -0.414. The van der Waals surface area contributed by atoms with Crippen molar-refractivity contribution in [2.75, 3.05) is 13.2 Å². The number of ketones is 1. The largest absolute Gasteiger partial charge is 0.480 e. The summed E-state index contributed by atoms with van der Waals surface area (Å²) >= 11 is 0. The van der Waals surface area contributed by atoms with Gasteiger partial charge in [0.25, 0.3) is 0 Å². The fraction of sp³-hybridized carbons (Fsp3) is 0.300. The van der Waals surface area contributed by atoms with Crippen LogP contribution in [0, 0.1) is 0 Å². The van der Waals surface area contributed by atoms with Crippen LogP contribution < -0.4 is 4.74 Å². The standard InChI is InChI=1S/C10H10O3/c11-9-6-12-7-10(9)13-8-4-2-1-3-5-8/h1-5,10H,6-7H2. The van der Waals surface area contributed by atoms with Gasteiger partial charge in [-0.2, -0.15) is 0 Å². The molecule has 1 aliphatic rings. The van der Waals surface area contributed by atoms with Crippen molar-refractivity contribution < 1.29 is 14.3 Å². The van der Waals surface area contributed by atoms with Crippen molar-refractivity contribution in [1.29, 1.82) is 0 Å². The minimum Gasteiger partial charge on any atom is -0.480 e. The van der Waals surface area contributed by atoms with Crippen molar-refractivity contribution in [2.24, 2.45) is 0 Å². The van der Waals surface area contributed by atoms with Gasteiger partial charge in [0.1, 0.15) is 12.4 Å². The van der Waals surface area contributed by atoms with Crippen LogP contribution in [-0.2, 0) is 9.53 Å². The van der Waals surface area contributed by atoms with E-state index >= 15 is 0 Å². The molecule has 0 bridgehead atoms. The molecule has 0 aromatic heterocycles. The van der Waals surface area contributed by atoms with E-state index in [1.165, 1.54) is 0 Å². The number of Topliss-reactive ketones (excluding diaryl/α,β-unsaturated/α-hetero) is 1. The molecular weight excluding hydrogens is 168 g/mol. The fourth-order valence-corrected chi connectivity index (χ4v) is 1.22. The van der Waals surface area contributed by atoms with Gasteiger partial charge in [0.2, 0.25) is 5.78 Å². The highest BCUT2D eigenvalue weighted by Crippen LogP contribution is 2.13. The number of carbonyl (C=O) groups is 1. The van der Waals surface area contributed by atoms with Crippen LogP contribution in [0.2, 0.25) is 0 Å². The van der Waals surface area contributed by atoms with Gasteiger partial charge in [-0.05, 0) is 12.1 Å². The van der Waals surface area contributed by atoms with Gasteiger partial charge in [0.15, 0.2) is 6.10 Å². The molecule has 1 fully saturated rings. The lowest BCUT2D eigenvalue weighted by molar-refractivity contribution is -0.122. The lowest BCUT2D eigenvalue weighted by Gasteiger charge is -2.09. The molecule has 0 radical (unpaired) electrons. The van der Waals surface area contributed by atoms with Crippen LogP contribution in [0.15, 0.2) is 30.3 Å². The van der Waals surface area contributed by atoms with E-state index in [1.54, 1.807) is 0 Å². The van der Waals surface area contributed by atoms with E-state index in [0.717, 1.165) is 0 Å². The summed E-state index contributed by atoms with van der Waals surface area (Å²) in [5, 5.41) is 0. The van der Waals surface area contributed by atoms with Gasteiger partial charge < -0.3 is 9.47 Å². The lowest BCUT2D eigenvalue weighted by atomic mass is 10.3. The molecular formula is C10H10O3. The maximum absolute atomic E-state index is 11.1. The number of benzene rings is 1. The Morgan fingerprint density at radius 3 is 2.69 bits per heavy atom. The first-order valence-electron chi connectivity index (χ1n) is 4.18. The molecule has 2 rings (SSSR count). The third-order valence-corrected chi connectivity index (χ3v) is 1.89. The summed E-state index contributed by atoms with van der Waals surface area (Å²) in [4.78, 5) is 11.1. The van der Waals surface area contributed by atoms with Crippen LogP contribution in [0.1, 0.15) is 0 Å². The molecule has 0 spiro atoms. The topological polar surface area (TPSA) is 35.5 Å². The van der Waals surface area contributed by atoms with Gasteiger partial charge in [-0.1, -0.05) is 18.2 Å². The quantitative estimate of drug-likeness (QED) is 0.678. The minimum absolute atomic E-state index is 0.0175. The Hall–Kier alpha value is -1.35. The summed E-state index contributed by atoms with van der Waals surface area (Å²) in [6.07, 6.45) is -0.414. The summed E-state index contributed by atoms with van der Waals surface area (Å²) in [6, 6.07) is 9.29. The molecule has 1 aromatic rings. The highest BCUT2D eigenvalue weighted by Gasteiger charge is 2.26. The zero-order valence-corrected chi connectivity index (χ0v) is 7.10. The van der Waals surface area contributed by atoms with Crippen molar-refractivity contribution >= 4 is 5.78 Å². The number of rotatable bonds is 2. The Labute approximate surface area is 76.3 Å². The highest BCUT2D eigenvalue weighted by molar-refractivity contribution is 5.86. The number of carbonyl (C=O) groups excluding carboxylic acids is 1.